The van der Waals surface area contributed by atoms with Crippen molar-refractivity contribution in [2.75, 3.05) is 18.5 Å². The molecule has 3 aromatic rings. The van der Waals surface area contributed by atoms with Crippen LogP contribution in [0.2, 0.25) is 0 Å². The van der Waals surface area contributed by atoms with Gasteiger partial charge in [0.2, 0.25) is 5.91 Å². The summed E-state index contributed by atoms with van der Waals surface area (Å²) in [6.45, 7) is 1.24. The van der Waals surface area contributed by atoms with Crippen molar-refractivity contribution in [1.82, 2.24) is 20.3 Å². The molecular formula is C21H23N5O. The molecule has 0 unspecified atom stereocenters. The summed E-state index contributed by atoms with van der Waals surface area (Å²) in [6, 6.07) is 13.5. The molecule has 3 rings (SSSR count). The molecule has 1 amide bonds. The molecule has 0 aliphatic heterocycles. The van der Waals surface area contributed by atoms with E-state index in [1.807, 2.05) is 49.5 Å². The average molecular weight is 361 g/mol. The SMILES string of the molecule is CN(CCc1ccccn1)c1ncccc1CNC(=O)Cc1cccnc1. The molecule has 0 saturated heterocycles. The van der Waals surface area contributed by atoms with Crippen molar-refractivity contribution in [3.05, 3.63) is 84.1 Å². The van der Waals surface area contributed by atoms with E-state index in [4.69, 9.17) is 0 Å². The van der Waals surface area contributed by atoms with Gasteiger partial charge in [0.05, 0.1) is 6.42 Å². The number of likely N-dealkylation sites (N-methyl/N-ethyl adjacent to an activating group) is 1. The maximum atomic E-state index is 12.2. The lowest BCUT2D eigenvalue weighted by Gasteiger charge is -2.21. The Hall–Kier alpha value is -3.28. The molecule has 0 fully saturated rings. The quantitative estimate of drug-likeness (QED) is 0.667. The number of nitrogens with zero attached hydrogens (tertiary/aromatic N) is 4. The number of nitrogens with one attached hydrogen (secondary N) is 1. The summed E-state index contributed by atoms with van der Waals surface area (Å²) in [5.74, 6) is 0.837. The van der Waals surface area contributed by atoms with Gasteiger partial charge in [-0.15, -0.1) is 0 Å². The fraction of sp³-hybridized carbons (Fsp3) is 0.238. The van der Waals surface area contributed by atoms with E-state index in [0.29, 0.717) is 13.0 Å². The standard InChI is InChI=1S/C21H23N5O/c1-26(13-9-19-8-2-3-11-23-19)21-18(7-5-12-24-21)16-25-20(27)14-17-6-4-10-22-15-17/h2-8,10-12,15H,9,13-14,16H2,1H3,(H,25,27). The van der Waals surface area contributed by atoms with E-state index in [1.165, 1.54) is 0 Å². The molecule has 0 bridgehead atoms. The number of hydrogen-bond donors (Lipinski definition) is 1. The smallest absolute Gasteiger partial charge is 0.224 e. The zero-order valence-electron chi connectivity index (χ0n) is 15.4. The Morgan fingerprint density at radius 2 is 1.89 bits per heavy atom. The highest BCUT2D eigenvalue weighted by molar-refractivity contribution is 5.78. The maximum absolute atomic E-state index is 12.2. The van der Waals surface area contributed by atoms with Crippen LogP contribution in [0.5, 0.6) is 0 Å². The van der Waals surface area contributed by atoms with Crippen molar-refractivity contribution in [3.63, 3.8) is 0 Å². The Morgan fingerprint density at radius 3 is 2.67 bits per heavy atom. The molecule has 0 spiro atoms. The highest BCUT2D eigenvalue weighted by Crippen LogP contribution is 2.16. The summed E-state index contributed by atoms with van der Waals surface area (Å²) in [4.78, 5) is 27.2. The molecule has 6 nitrogen and oxygen atoms in total. The molecule has 0 aromatic carbocycles. The molecule has 0 radical (unpaired) electrons. The number of carbonyl (C=O) groups excluding carboxylic acids is 1. The lowest BCUT2D eigenvalue weighted by atomic mass is 10.2. The monoisotopic (exact) mass is 361 g/mol. The predicted molar refractivity (Wildman–Crippen MR) is 105 cm³/mol. The van der Waals surface area contributed by atoms with Gasteiger partial charge in [-0.2, -0.15) is 0 Å². The highest BCUT2D eigenvalue weighted by Gasteiger charge is 2.11. The largest absolute Gasteiger partial charge is 0.359 e. The number of rotatable bonds is 8. The van der Waals surface area contributed by atoms with Crippen molar-refractivity contribution in [2.45, 2.75) is 19.4 Å². The first-order valence-corrected chi connectivity index (χ1v) is 8.93. The van der Waals surface area contributed by atoms with E-state index in [0.717, 1.165) is 35.6 Å². The fourth-order valence-corrected chi connectivity index (χ4v) is 2.79. The van der Waals surface area contributed by atoms with Crippen LogP contribution in [0.1, 0.15) is 16.8 Å². The first kappa shape index (κ1) is 18.5. The van der Waals surface area contributed by atoms with Gasteiger partial charge >= 0.3 is 0 Å². The number of anilines is 1. The number of amides is 1. The molecule has 0 saturated carbocycles. The predicted octanol–water partition coefficient (Wildman–Crippen LogP) is 2.41. The zero-order valence-corrected chi connectivity index (χ0v) is 15.4. The molecule has 3 aromatic heterocycles. The first-order chi connectivity index (χ1) is 13.2. The highest BCUT2D eigenvalue weighted by atomic mass is 16.1. The van der Waals surface area contributed by atoms with E-state index in [-0.39, 0.29) is 5.91 Å². The number of aromatic nitrogens is 3. The lowest BCUT2D eigenvalue weighted by molar-refractivity contribution is -0.120. The number of carbonyl (C=O) groups is 1. The van der Waals surface area contributed by atoms with E-state index < -0.39 is 0 Å². The number of hydrogen-bond acceptors (Lipinski definition) is 5. The van der Waals surface area contributed by atoms with Gasteiger partial charge < -0.3 is 10.2 Å². The maximum Gasteiger partial charge on any atom is 0.224 e. The van der Waals surface area contributed by atoms with E-state index in [9.17, 15) is 4.79 Å². The second-order valence-corrected chi connectivity index (χ2v) is 6.29. The normalized spacial score (nSPS) is 10.4. The Labute approximate surface area is 159 Å². The van der Waals surface area contributed by atoms with Crippen LogP contribution >= 0.6 is 0 Å². The van der Waals surface area contributed by atoms with Crippen LogP contribution in [0.15, 0.2) is 67.3 Å². The van der Waals surface area contributed by atoms with Gasteiger partial charge in [0.1, 0.15) is 5.82 Å². The third-order valence-corrected chi connectivity index (χ3v) is 4.22. The van der Waals surface area contributed by atoms with Crippen LogP contribution in [-0.4, -0.2) is 34.5 Å². The van der Waals surface area contributed by atoms with Crippen LogP contribution in [0.3, 0.4) is 0 Å². The number of pyridine rings is 3. The molecule has 0 aliphatic carbocycles. The summed E-state index contributed by atoms with van der Waals surface area (Å²) in [6.07, 6.45) is 8.14. The van der Waals surface area contributed by atoms with Gasteiger partial charge in [-0.3, -0.25) is 14.8 Å². The molecular weight excluding hydrogens is 338 g/mol. The summed E-state index contributed by atoms with van der Waals surface area (Å²) in [7, 11) is 2.01. The summed E-state index contributed by atoms with van der Waals surface area (Å²) in [5.41, 5.74) is 2.93. The minimum Gasteiger partial charge on any atom is -0.359 e. The van der Waals surface area contributed by atoms with Gasteiger partial charge in [0, 0.05) is 62.6 Å². The van der Waals surface area contributed by atoms with Crippen molar-refractivity contribution < 1.29 is 4.79 Å². The second kappa shape index (κ2) is 9.43. The summed E-state index contributed by atoms with van der Waals surface area (Å²) >= 11 is 0. The van der Waals surface area contributed by atoms with Gasteiger partial charge in [0.25, 0.3) is 0 Å². The summed E-state index contributed by atoms with van der Waals surface area (Å²) < 4.78 is 0. The van der Waals surface area contributed by atoms with Crippen LogP contribution in [0.4, 0.5) is 5.82 Å². The van der Waals surface area contributed by atoms with Crippen molar-refractivity contribution in [3.8, 4) is 0 Å². The third-order valence-electron chi connectivity index (χ3n) is 4.22. The van der Waals surface area contributed by atoms with Crippen LogP contribution in [-0.2, 0) is 24.2 Å². The van der Waals surface area contributed by atoms with E-state index in [1.54, 1.807) is 24.8 Å². The molecule has 27 heavy (non-hydrogen) atoms. The molecule has 1 N–H and O–H groups in total. The van der Waals surface area contributed by atoms with Crippen molar-refractivity contribution in [2.24, 2.45) is 0 Å². The second-order valence-electron chi connectivity index (χ2n) is 6.29. The fourth-order valence-electron chi connectivity index (χ4n) is 2.79. The van der Waals surface area contributed by atoms with Gasteiger partial charge in [-0.1, -0.05) is 18.2 Å². The minimum absolute atomic E-state index is 0.0334. The third kappa shape index (κ3) is 5.60. The van der Waals surface area contributed by atoms with Crippen LogP contribution in [0, 0.1) is 0 Å². The molecule has 3 heterocycles. The Kier molecular flexibility index (Phi) is 6.46. The first-order valence-electron chi connectivity index (χ1n) is 8.93. The van der Waals surface area contributed by atoms with Crippen LogP contribution < -0.4 is 10.2 Å². The average Bonchev–Trinajstić information content (AvgIpc) is 2.72. The zero-order chi connectivity index (χ0) is 18.9. The van der Waals surface area contributed by atoms with Crippen LogP contribution in [0.25, 0.3) is 0 Å². The lowest BCUT2D eigenvalue weighted by Crippen LogP contribution is -2.28. The van der Waals surface area contributed by atoms with Gasteiger partial charge in [0.15, 0.2) is 0 Å². The Morgan fingerprint density at radius 1 is 1.04 bits per heavy atom. The van der Waals surface area contributed by atoms with E-state index in [2.05, 4.69) is 25.2 Å². The molecule has 138 valence electrons. The Balaban J connectivity index is 1.57. The van der Waals surface area contributed by atoms with Gasteiger partial charge in [-0.25, -0.2) is 4.98 Å². The molecule has 0 aliphatic rings. The minimum atomic E-state index is -0.0334. The van der Waals surface area contributed by atoms with E-state index >= 15 is 0 Å². The Bertz CT molecular complexity index is 855. The van der Waals surface area contributed by atoms with Crippen molar-refractivity contribution in [1.29, 1.82) is 0 Å². The topological polar surface area (TPSA) is 71.0 Å². The molecule has 6 heteroatoms. The molecule has 0 atom stereocenters. The van der Waals surface area contributed by atoms with Crippen molar-refractivity contribution >= 4 is 11.7 Å². The summed E-state index contributed by atoms with van der Waals surface area (Å²) in [5, 5.41) is 2.97. The van der Waals surface area contributed by atoms with Gasteiger partial charge in [-0.05, 0) is 29.8 Å².